The molecular weight excluding hydrogens is 470 g/mol. The quantitative estimate of drug-likeness (QED) is 0.118. The molecule has 0 spiro atoms. The van der Waals surface area contributed by atoms with E-state index >= 15 is 0 Å². The summed E-state index contributed by atoms with van der Waals surface area (Å²) in [6.07, 6.45) is -0.280. The topological polar surface area (TPSA) is 234 Å². The van der Waals surface area contributed by atoms with Gasteiger partial charge in [-0.05, 0) is 24.1 Å². The Bertz CT molecular complexity index is 882. The number of hydrogen-bond donors (Lipinski definition) is 9. The highest BCUT2D eigenvalue weighted by atomic mass is 32.1. The standard InChI is InChI=1S/C20H29N5O8S/c21-12(5-6-16(22)28)17(29)23-13(7-10-1-3-11(27)4-2-10)18(30)24-14(8-26)19(31)25-15(9-34)20(32)33/h1-4,12-15,26-27,34H,5-9,21H2,(H2,22,28)(H,23,29)(H,24,30)(H,25,31)(H,32,33). The van der Waals surface area contributed by atoms with Crippen LogP contribution in [0.5, 0.6) is 5.75 Å². The smallest absolute Gasteiger partial charge is 0.327 e. The van der Waals surface area contributed by atoms with Gasteiger partial charge in [0.2, 0.25) is 23.6 Å². The summed E-state index contributed by atoms with van der Waals surface area (Å²) in [5.41, 5.74) is 11.3. The maximum absolute atomic E-state index is 12.9. The molecule has 0 saturated heterocycles. The number of phenols is 1. The predicted octanol–water partition coefficient (Wildman–Crippen LogP) is -3.01. The number of benzene rings is 1. The molecule has 10 N–H and O–H groups in total. The van der Waals surface area contributed by atoms with Gasteiger partial charge in [-0.25, -0.2) is 4.79 Å². The van der Waals surface area contributed by atoms with E-state index in [1.165, 1.54) is 24.3 Å². The molecule has 0 aliphatic carbocycles. The van der Waals surface area contributed by atoms with Gasteiger partial charge in [0.15, 0.2) is 0 Å². The van der Waals surface area contributed by atoms with Gasteiger partial charge in [0.1, 0.15) is 23.9 Å². The van der Waals surface area contributed by atoms with Crippen LogP contribution in [0.4, 0.5) is 0 Å². The molecule has 1 rings (SSSR count). The maximum atomic E-state index is 12.9. The Kier molecular flexibility index (Phi) is 11.8. The lowest BCUT2D eigenvalue weighted by Gasteiger charge is -2.24. The second kappa shape index (κ2) is 14.0. The Labute approximate surface area is 200 Å². The third-order valence-corrected chi connectivity index (χ3v) is 5.03. The number of nitrogens with one attached hydrogen (secondary N) is 3. The van der Waals surface area contributed by atoms with Crippen LogP contribution in [0.25, 0.3) is 0 Å². The van der Waals surface area contributed by atoms with Crippen LogP contribution >= 0.6 is 12.6 Å². The number of hydrogen-bond acceptors (Lipinski definition) is 9. The summed E-state index contributed by atoms with van der Waals surface area (Å²) in [6, 6.07) is 0.486. The molecule has 0 heterocycles. The van der Waals surface area contributed by atoms with E-state index in [2.05, 4.69) is 28.6 Å². The summed E-state index contributed by atoms with van der Waals surface area (Å²) in [7, 11) is 0. The predicted molar refractivity (Wildman–Crippen MR) is 123 cm³/mol. The van der Waals surface area contributed by atoms with Gasteiger partial charge in [-0.3, -0.25) is 19.2 Å². The molecule has 0 aliphatic heterocycles. The molecule has 4 amide bonds. The van der Waals surface area contributed by atoms with Crippen molar-refractivity contribution < 1.29 is 39.3 Å². The molecule has 4 atom stereocenters. The molecule has 1 aromatic rings. The van der Waals surface area contributed by atoms with E-state index < -0.39 is 60.4 Å². The highest BCUT2D eigenvalue weighted by Crippen LogP contribution is 2.12. The van der Waals surface area contributed by atoms with Gasteiger partial charge in [0.25, 0.3) is 0 Å². The van der Waals surface area contributed by atoms with Gasteiger partial charge in [-0.1, -0.05) is 12.1 Å². The van der Waals surface area contributed by atoms with Gasteiger partial charge in [-0.2, -0.15) is 12.6 Å². The van der Waals surface area contributed by atoms with Crippen molar-refractivity contribution in [1.82, 2.24) is 16.0 Å². The van der Waals surface area contributed by atoms with Crippen molar-refractivity contribution in [2.45, 2.75) is 43.4 Å². The minimum absolute atomic E-state index is 0.0172. The van der Waals surface area contributed by atoms with Gasteiger partial charge in [0.05, 0.1) is 12.6 Å². The lowest BCUT2D eigenvalue weighted by Crippen LogP contribution is -2.58. The van der Waals surface area contributed by atoms with Crippen LogP contribution in [0.15, 0.2) is 24.3 Å². The van der Waals surface area contributed by atoms with Crippen molar-refractivity contribution in [3.63, 3.8) is 0 Å². The van der Waals surface area contributed by atoms with E-state index in [9.17, 15) is 34.2 Å². The molecule has 13 nitrogen and oxygen atoms in total. The molecule has 0 fully saturated rings. The lowest BCUT2D eigenvalue weighted by atomic mass is 10.0. The second-order valence-electron chi connectivity index (χ2n) is 7.37. The number of carbonyl (C=O) groups excluding carboxylic acids is 4. The Balaban J connectivity index is 2.99. The monoisotopic (exact) mass is 499 g/mol. The molecule has 4 unspecified atom stereocenters. The highest BCUT2D eigenvalue weighted by molar-refractivity contribution is 7.80. The second-order valence-corrected chi connectivity index (χ2v) is 7.73. The van der Waals surface area contributed by atoms with Crippen molar-refractivity contribution in [3.05, 3.63) is 29.8 Å². The van der Waals surface area contributed by atoms with Crippen LogP contribution in [-0.4, -0.2) is 81.4 Å². The van der Waals surface area contributed by atoms with Crippen molar-refractivity contribution in [2.75, 3.05) is 12.4 Å². The Morgan fingerprint density at radius 2 is 1.44 bits per heavy atom. The summed E-state index contributed by atoms with van der Waals surface area (Å²) in [5.74, 6) is -4.84. The molecule has 0 radical (unpaired) electrons. The first-order valence-electron chi connectivity index (χ1n) is 10.2. The number of nitrogens with two attached hydrogens (primary N) is 2. The molecule has 14 heteroatoms. The fourth-order valence-electron chi connectivity index (χ4n) is 2.71. The number of rotatable bonds is 14. The molecule has 0 bridgehead atoms. The number of phenolic OH excluding ortho intramolecular Hbond substituents is 1. The van der Waals surface area contributed by atoms with E-state index in [0.29, 0.717) is 5.56 Å². The summed E-state index contributed by atoms with van der Waals surface area (Å²) in [5, 5.41) is 34.9. The third-order valence-electron chi connectivity index (χ3n) is 4.66. The van der Waals surface area contributed by atoms with Crippen LogP contribution in [0.3, 0.4) is 0 Å². The third kappa shape index (κ3) is 9.64. The van der Waals surface area contributed by atoms with E-state index in [4.69, 9.17) is 16.6 Å². The minimum atomic E-state index is -1.52. The molecular formula is C20H29N5O8S. The van der Waals surface area contributed by atoms with E-state index in [1.807, 2.05) is 0 Å². The van der Waals surface area contributed by atoms with Gasteiger partial charge in [0, 0.05) is 18.6 Å². The SMILES string of the molecule is NC(=O)CCC(N)C(=O)NC(Cc1ccc(O)cc1)C(=O)NC(CO)C(=O)NC(CS)C(=O)O. The molecule has 0 aliphatic rings. The first-order valence-corrected chi connectivity index (χ1v) is 10.8. The van der Waals surface area contributed by atoms with E-state index in [1.54, 1.807) is 0 Å². The molecule has 0 saturated carbocycles. The number of aliphatic carboxylic acids is 1. The van der Waals surface area contributed by atoms with Crippen molar-refractivity contribution in [2.24, 2.45) is 11.5 Å². The zero-order chi connectivity index (χ0) is 25.8. The Hall–Kier alpha value is -3.36. The highest BCUT2D eigenvalue weighted by Gasteiger charge is 2.30. The molecule has 188 valence electrons. The van der Waals surface area contributed by atoms with Crippen molar-refractivity contribution in [3.8, 4) is 5.75 Å². The molecule has 0 aromatic heterocycles. The number of carbonyl (C=O) groups is 5. The fraction of sp³-hybridized carbons (Fsp3) is 0.450. The number of carboxylic acids is 1. The minimum Gasteiger partial charge on any atom is -0.508 e. The number of aromatic hydroxyl groups is 1. The van der Waals surface area contributed by atoms with Gasteiger partial charge >= 0.3 is 5.97 Å². The number of aliphatic hydroxyl groups excluding tert-OH is 1. The van der Waals surface area contributed by atoms with Crippen LogP contribution in [0.1, 0.15) is 18.4 Å². The first kappa shape index (κ1) is 28.7. The average molecular weight is 500 g/mol. The number of amides is 4. The molecule has 1 aromatic carbocycles. The van der Waals surface area contributed by atoms with Gasteiger partial charge in [-0.15, -0.1) is 0 Å². The zero-order valence-corrected chi connectivity index (χ0v) is 19.0. The van der Waals surface area contributed by atoms with E-state index in [0.717, 1.165) is 0 Å². The summed E-state index contributed by atoms with van der Waals surface area (Å²) < 4.78 is 0. The zero-order valence-electron chi connectivity index (χ0n) is 18.1. The van der Waals surface area contributed by atoms with Crippen molar-refractivity contribution >= 4 is 42.2 Å². The first-order chi connectivity index (χ1) is 16.0. The Morgan fingerprint density at radius 3 is 1.94 bits per heavy atom. The van der Waals surface area contributed by atoms with Crippen LogP contribution in [0.2, 0.25) is 0 Å². The lowest BCUT2D eigenvalue weighted by molar-refractivity contribution is -0.142. The summed E-state index contributed by atoms with van der Waals surface area (Å²) in [6.45, 7) is -0.853. The van der Waals surface area contributed by atoms with Crippen LogP contribution < -0.4 is 27.4 Å². The number of primary amides is 1. The number of aliphatic hydroxyl groups is 1. The number of thiol groups is 1. The number of carboxylic acid groups (broad SMARTS) is 1. The fourth-order valence-corrected chi connectivity index (χ4v) is 2.96. The maximum Gasteiger partial charge on any atom is 0.327 e. The van der Waals surface area contributed by atoms with Crippen LogP contribution in [-0.2, 0) is 30.4 Å². The van der Waals surface area contributed by atoms with Crippen molar-refractivity contribution in [1.29, 1.82) is 0 Å². The largest absolute Gasteiger partial charge is 0.508 e. The Morgan fingerprint density at radius 1 is 0.912 bits per heavy atom. The average Bonchev–Trinajstić information content (AvgIpc) is 2.79. The van der Waals surface area contributed by atoms with Gasteiger partial charge < -0.3 is 42.7 Å². The summed E-state index contributed by atoms with van der Waals surface area (Å²) >= 11 is 3.83. The normalized spacial score (nSPS) is 14.2. The van der Waals surface area contributed by atoms with Crippen LogP contribution in [0, 0.1) is 0 Å². The summed E-state index contributed by atoms with van der Waals surface area (Å²) in [4.78, 5) is 59.7. The molecule has 34 heavy (non-hydrogen) atoms. The van der Waals surface area contributed by atoms with E-state index in [-0.39, 0.29) is 30.8 Å².